The van der Waals surface area contributed by atoms with E-state index in [1.807, 2.05) is 0 Å². The Morgan fingerprint density at radius 2 is 1.17 bits per heavy atom. The maximum atomic E-state index is 5.59. The second-order valence-corrected chi connectivity index (χ2v) is 4.71. The van der Waals surface area contributed by atoms with Crippen molar-refractivity contribution in [3.8, 4) is 0 Å². The molecule has 1 fully saturated rings. The normalized spacial score (nSPS) is 24.9. The lowest BCUT2D eigenvalue weighted by Crippen LogP contribution is -2.52. The molecule has 18 heavy (non-hydrogen) atoms. The van der Waals surface area contributed by atoms with Crippen LogP contribution in [0.2, 0.25) is 0 Å². The highest BCUT2D eigenvalue weighted by molar-refractivity contribution is 5.76. The van der Waals surface area contributed by atoms with Crippen LogP contribution in [0.4, 0.5) is 0 Å². The second kappa shape index (κ2) is 5.46. The van der Waals surface area contributed by atoms with Crippen molar-refractivity contribution in [3.05, 3.63) is 0 Å². The van der Waals surface area contributed by atoms with Crippen molar-refractivity contribution >= 4 is 12.0 Å². The van der Waals surface area contributed by atoms with Gasteiger partial charge in [0.15, 0.2) is 0 Å². The lowest BCUT2D eigenvalue weighted by molar-refractivity contribution is 0.148. The zero-order chi connectivity index (χ0) is 12.2. The highest BCUT2D eigenvalue weighted by Gasteiger charge is 2.25. The molecule has 0 aromatic carbocycles. The standard InChI is InChI=1S/C12H20N4O2/c1-3-13-11(17-9-1)15-5-7-16(8-6-15)12-14-4-2-10-18-12/h1-10H2. The van der Waals surface area contributed by atoms with Gasteiger partial charge >= 0.3 is 0 Å². The third-order valence-electron chi connectivity index (χ3n) is 3.38. The van der Waals surface area contributed by atoms with E-state index in [1.54, 1.807) is 0 Å². The summed E-state index contributed by atoms with van der Waals surface area (Å²) in [6, 6.07) is 1.65. The van der Waals surface area contributed by atoms with E-state index >= 15 is 0 Å². The summed E-state index contributed by atoms with van der Waals surface area (Å²) in [6.45, 7) is 7.12. The van der Waals surface area contributed by atoms with Crippen molar-refractivity contribution in [2.75, 3.05) is 52.5 Å². The zero-order valence-corrected chi connectivity index (χ0v) is 10.7. The van der Waals surface area contributed by atoms with E-state index < -0.39 is 0 Å². The van der Waals surface area contributed by atoms with Crippen LogP contribution in [0.1, 0.15) is 12.8 Å². The molecule has 0 unspecified atom stereocenters. The van der Waals surface area contributed by atoms with E-state index in [9.17, 15) is 0 Å². The first-order valence-corrected chi connectivity index (χ1v) is 6.78. The Morgan fingerprint density at radius 3 is 1.50 bits per heavy atom. The van der Waals surface area contributed by atoms with Crippen molar-refractivity contribution in [3.63, 3.8) is 0 Å². The Balaban J connectivity index is 1.54. The van der Waals surface area contributed by atoms with Crippen LogP contribution in [-0.4, -0.2) is 74.3 Å². The molecular formula is C12H20N4O2. The van der Waals surface area contributed by atoms with E-state index in [1.165, 1.54) is 0 Å². The van der Waals surface area contributed by atoms with E-state index in [4.69, 9.17) is 9.47 Å². The average molecular weight is 252 g/mol. The van der Waals surface area contributed by atoms with Gasteiger partial charge in [-0.2, -0.15) is 0 Å². The van der Waals surface area contributed by atoms with E-state index in [0.29, 0.717) is 0 Å². The molecule has 0 aliphatic carbocycles. The summed E-state index contributed by atoms with van der Waals surface area (Å²) >= 11 is 0. The Bertz CT molecular complexity index is 314. The fourth-order valence-corrected chi connectivity index (χ4v) is 2.37. The third kappa shape index (κ3) is 2.52. The van der Waals surface area contributed by atoms with Gasteiger partial charge in [0.2, 0.25) is 0 Å². The molecule has 3 heterocycles. The van der Waals surface area contributed by atoms with Gasteiger partial charge < -0.3 is 19.3 Å². The van der Waals surface area contributed by atoms with Crippen LogP contribution < -0.4 is 0 Å². The second-order valence-electron chi connectivity index (χ2n) is 4.71. The Labute approximate surface area is 107 Å². The summed E-state index contributed by atoms with van der Waals surface area (Å²) in [4.78, 5) is 13.3. The van der Waals surface area contributed by atoms with Crippen LogP contribution in [0.5, 0.6) is 0 Å². The summed E-state index contributed by atoms with van der Waals surface area (Å²) in [5.74, 6) is 0. The summed E-state index contributed by atoms with van der Waals surface area (Å²) in [5.41, 5.74) is 0. The molecule has 0 amide bonds. The fourth-order valence-electron chi connectivity index (χ4n) is 2.37. The smallest absolute Gasteiger partial charge is 0.287 e. The SMILES string of the molecule is C1CN=C(N2CCN(C3=NCCCO3)CC2)OC1. The van der Waals surface area contributed by atoms with Crippen LogP contribution in [0.25, 0.3) is 0 Å². The molecule has 0 saturated carbocycles. The molecule has 0 radical (unpaired) electrons. The van der Waals surface area contributed by atoms with Crippen LogP contribution in [-0.2, 0) is 9.47 Å². The largest absolute Gasteiger partial charge is 0.465 e. The predicted molar refractivity (Wildman–Crippen MR) is 68.9 cm³/mol. The van der Waals surface area contributed by atoms with Gasteiger partial charge in [0.1, 0.15) is 0 Å². The van der Waals surface area contributed by atoms with E-state index in [-0.39, 0.29) is 0 Å². The van der Waals surface area contributed by atoms with Gasteiger partial charge in [0, 0.05) is 52.1 Å². The summed E-state index contributed by atoms with van der Waals surface area (Å²) in [5, 5.41) is 0. The first kappa shape index (κ1) is 11.6. The maximum absolute atomic E-state index is 5.59. The molecular weight excluding hydrogens is 232 g/mol. The van der Waals surface area contributed by atoms with Gasteiger partial charge in [-0.05, 0) is 0 Å². The van der Waals surface area contributed by atoms with Crippen molar-refractivity contribution < 1.29 is 9.47 Å². The van der Waals surface area contributed by atoms with Gasteiger partial charge in [-0.1, -0.05) is 0 Å². The summed E-state index contributed by atoms with van der Waals surface area (Å²) < 4.78 is 11.2. The van der Waals surface area contributed by atoms with Gasteiger partial charge in [0.25, 0.3) is 12.0 Å². The molecule has 3 aliphatic heterocycles. The molecule has 3 rings (SSSR count). The minimum absolute atomic E-state index is 0.800. The van der Waals surface area contributed by atoms with Crippen LogP contribution >= 0.6 is 0 Å². The van der Waals surface area contributed by atoms with Gasteiger partial charge in [-0.15, -0.1) is 0 Å². The Kier molecular flexibility index (Phi) is 3.52. The molecule has 1 saturated heterocycles. The number of hydrogen-bond donors (Lipinski definition) is 0. The van der Waals surface area contributed by atoms with Gasteiger partial charge in [0.05, 0.1) is 13.2 Å². The zero-order valence-electron chi connectivity index (χ0n) is 10.7. The van der Waals surface area contributed by atoms with Crippen LogP contribution in [0, 0.1) is 0 Å². The number of hydrogen-bond acceptors (Lipinski definition) is 6. The van der Waals surface area contributed by atoms with Crippen molar-refractivity contribution in [2.45, 2.75) is 12.8 Å². The molecule has 0 atom stereocenters. The first-order chi connectivity index (χ1) is 8.93. The molecule has 3 aliphatic rings. The van der Waals surface area contributed by atoms with E-state index in [2.05, 4.69) is 19.8 Å². The molecule has 6 heteroatoms. The van der Waals surface area contributed by atoms with Crippen LogP contribution in [0.3, 0.4) is 0 Å². The highest BCUT2D eigenvalue weighted by Crippen LogP contribution is 2.10. The number of amidine groups is 2. The predicted octanol–water partition coefficient (Wildman–Crippen LogP) is 0.157. The number of aliphatic imine (C=N–C) groups is 2. The minimum atomic E-state index is 0.800. The Morgan fingerprint density at radius 1 is 0.722 bits per heavy atom. The van der Waals surface area contributed by atoms with Crippen molar-refractivity contribution in [1.29, 1.82) is 0 Å². The number of ether oxygens (including phenoxy) is 2. The van der Waals surface area contributed by atoms with Crippen molar-refractivity contribution in [1.82, 2.24) is 9.80 Å². The monoisotopic (exact) mass is 252 g/mol. The lowest BCUT2D eigenvalue weighted by atomic mass is 10.3. The summed E-state index contributed by atoms with van der Waals surface area (Å²) in [6.07, 6.45) is 2.07. The number of piperazine rings is 1. The molecule has 0 N–H and O–H groups in total. The molecule has 0 aromatic rings. The average Bonchev–Trinajstić information content (AvgIpc) is 2.49. The maximum Gasteiger partial charge on any atom is 0.287 e. The molecule has 0 bridgehead atoms. The highest BCUT2D eigenvalue weighted by atomic mass is 16.5. The molecule has 6 nitrogen and oxygen atoms in total. The topological polar surface area (TPSA) is 49.7 Å². The first-order valence-electron chi connectivity index (χ1n) is 6.78. The quantitative estimate of drug-likeness (QED) is 0.616. The summed E-state index contributed by atoms with van der Waals surface area (Å²) in [7, 11) is 0. The third-order valence-corrected chi connectivity index (χ3v) is 3.38. The lowest BCUT2D eigenvalue weighted by Gasteiger charge is -2.37. The molecule has 100 valence electrons. The van der Waals surface area contributed by atoms with Crippen LogP contribution in [0.15, 0.2) is 9.98 Å². The molecule has 0 aromatic heterocycles. The number of rotatable bonds is 0. The molecule has 0 spiro atoms. The number of nitrogens with zero attached hydrogens (tertiary/aromatic N) is 4. The van der Waals surface area contributed by atoms with Gasteiger partial charge in [-0.3, -0.25) is 0 Å². The van der Waals surface area contributed by atoms with Crippen molar-refractivity contribution in [2.24, 2.45) is 9.98 Å². The van der Waals surface area contributed by atoms with E-state index in [0.717, 1.165) is 77.4 Å². The minimum Gasteiger partial charge on any atom is -0.465 e. The van der Waals surface area contributed by atoms with Gasteiger partial charge in [-0.25, -0.2) is 9.98 Å². The Hall–Kier alpha value is -1.46. The fraction of sp³-hybridized carbons (Fsp3) is 0.833.